The number of oxazole rings is 1. The van der Waals surface area contributed by atoms with Crippen LogP contribution in [0.2, 0.25) is 0 Å². The maximum Gasteiger partial charge on any atom is 0.181 e. The fraction of sp³-hybridized carbons (Fsp3) is 0.208. The van der Waals surface area contributed by atoms with Crippen LogP contribution < -0.4 is 0 Å². The number of fused-ring (bicyclic) bond motifs is 3. The van der Waals surface area contributed by atoms with Gasteiger partial charge in [-0.2, -0.15) is 0 Å². The van der Waals surface area contributed by atoms with E-state index < -0.39 is 0 Å². The Bertz CT molecular complexity index is 1280. The molecule has 6 heteroatoms. The first-order valence-corrected chi connectivity index (χ1v) is 10.1. The molecule has 0 spiro atoms. The van der Waals surface area contributed by atoms with Crippen molar-refractivity contribution in [1.82, 2.24) is 14.5 Å². The summed E-state index contributed by atoms with van der Waals surface area (Å²) in [5.74, 6) is 0.910. The maximum absolute atomic E-state index is 14.8. The fourth-order valence-corrected chi connectivity index (χ4v) is 4.29. The van der Waals surface area contributed by atoms with Crippen molar-refractivity contribution >= 4 is 5.71 Å². The highest BCUT2D eigenvalue weighted by Crippen LogP contribution is 2.43. The van der Waals surface area contributed by atoms with Crippen molar-refractivity contribution in [3.63, 3.8) is 0 Å². The molecule has 2 aliphatic rings. The summed E-state index contributed by atoms with van der Waals surface area (Å²) in [4.78, 5) is 13.6. The minimum Gasteiger partial charge on any atom is -0.442 e. The van der Waals surface area contributed by atoms with E-state index >= 15 is 0 Å². The number of benzene rings is 2. The Hall–Kier alpha value is -3.54. The zero-order valence-electron chi connectivity index (χ0n) is 16.4. The molecule has 2 aromatic heterocycles. The summed E-state index contributed by atoms with van der Waals surface area (Å²) in [6.07, 6.45) is 7.24. The fourth-order valence-electron chi connectivity index (χ4n) is 4.29. The Morgan fingerprint density at radius 2 is 1.97 bits per heavy atom. The molecule has 0 saturated heterocycles. The van der Waals surface area contributed by atoms with Crippen molar-refractivity contribution in [3.8, 4) is 17.1 Å². The number of hydrogen-bond donors (Lipinski definition) is 0. The van der Waals surface area contributed by atoms with Crippen LogP contribution in [0.25, 0.3) is 17.1 Å². The lowest BCUT2D eigenvalue weighted by molar-refractivity contribution is 0.568. The summed E-state index contributed by atoms with van der Waals surface area (Å²) in [7, 11) is 0. The Morgan fingerprint density at radius 3 is 2.73 bits per heavy atom. The molecule has 0 bridgehead atoms. The molecule has 3 heterocycles. The second kappa shape index (κ2) is 6.49. The van der Waals surface area contributed by atoms with Crippen molar-refractivity contribution in [2.24, 2.45) is 4.99 Å². The lowest BCUT2D eigenvalue weighted by Gasteiger charge is -2.14. The molecule has 5 nitrogen and oxygen atoms in total. The second-order valence-electron chi connectivity index (χ2n) is 7.90. The van der Waals surface area contributed by atoms with Crippen LogP contribution in [-0.4, -0.2) is 20.2 Å². The maximum atomic E-state index is 14.8. The van der Waals surface area contributed by atoms with Crippen molar-refractivity contribution in [2.75, 3.05) is 0 Å². The molecule has 2 aromatic carbocycles. The smallest absolute Gasteiger partial charge is 0.181 e. The van der Waals surface area contributed by atoms with Crippen LogP contribution in [0.15, 0.2) is 70.8 Å². The molecule has 1 aliphatic heterocycles. The van der Waals surface area contributed by atoms with E-state index in [1.165, 1.54) is 30.9 Å². The number of rotatable bonds is 3. The monoisotopic (exact) mass is 398 g/mol. The van der Waals surface area contributed by atoms with Crippen molar-refractivity contribution in [2.45, 2.75) is 31.7 Å². The van der Waals surface area contributed by atoms with Gasteiger partial charge < -0.3 is 4.42 Å². The highest BCUT2D eigenvalue weighted by Gasteiger charge is 2.30. The largest absolute Gasteiger partial charge is 0.442 e. The molecule has 1 saturated carbocycles. The third-order valence-corrected chi connectivity index (χ3v) is 5.90. The Labute approximate surface area is 172 Å². The molecule has 1 fully saturated rings. The average molecular weight is 398 g/mol. The normalized spacial score (nSPS) is 17.8. The first kappa shape index (κ1) is 17.3. The van der Waals surface area contributed by atoms with Gasteiger partial charge in [0.25, 0.3) is 0 Å². The molecule has 4 aromatic rings. The molecule has 0 N–H and O–H groups in total. The molecular weight excluding hydrogens is 379 g/mol. The number of hydrogen-bond acceptors (Lipinski definition) is 4. The number of aromatic nitrogens is 3. The van der Waals surface area contributed by atoms with Gasteiger partial charge in [-0.05, 0) is 55.5 Å². The minimum atomic E-state index is -0.272. The quantitative estimate of drug-likeness (QED) is 0.461. The minimum absolute atomic E-state index is 0.251. The van der Waals surface area contributed by atoms with E-state index in [0.717, 1.165) is 16.9 Å². The third-order valence-electron chi connectivity index (χ3n) is 5.90. The highest BCUT2D eigenvalue weighted by atomic mass is 19.1. The average Bonchev–Trinajstić information content (AvgIpc) is 3.31. The number of halogens is 1. The number of nitrogens with zero attached hydrogens (tertiary/aromatic N) is 4. The second-order valence-corrected chi connectivity index (χ2v) is 7.90. The van der Waals surface area contributed by atoms with Crippen molar-refractivity contribution < 1.29 is 8.81 Å². The summed E-state index contributed by atoms with van der Waals surface area (Å²) in [6.45, 7) is 2.00. The first-order chi connectivity index (χ1) is 14.7. The van der Waals surface area contributed by atoms with Crippen LogP contribution >= 0.6 is 0 Å². The van der Waals surface area contributed by atoms with Gasteiger partial charge in [0.2, 0.25) is 0 Å². The van der Waals surface area contributed by atoms with E-state index in [0.29, 0.717) is 28.6 Å². The van der Waals surface area contributed by atoms with E-state index in [2.05, 4.69) is 28.2 Å². The van der Waals surface area contributed by atoms with Crippen LogP contribution in [0.4, 0.5) is 4.39 Å². The standard InChI is InChI=1S/C24H19FN4O/c1-14-24-23(21-11-26-13-30-21)27-12-29(24)20-9-8-16(15-6-7-15)10-18(20)22(28-14)17-4-2-3-5-19(17)25/h2-5,8-15H,6-7H2,1H3/t14-/m0/s1. The molecule has 6 rings (SSSR count). The molecule has 1 atom stereocenters. The van der Waals surface area contributed by atoms with Gasteiger partial charge in [-0.3, -0.25) is 9.56 Å². The van der Waals surface area contributed by atoms with Gasteiger partial charge in [0, 0.05) is 11.1 Å². The molecule has 1 aliphatic carbocycles. The summed E-state index contributed by atoms with van der Waals surface area (Å²) in [5, 5.41) is 0. The molecule has 0 radical (unpaired) electrons. The first-order valence-electron chi connectivity index (χ1n) is 10.1. The molecule has 30 heavy (non-hydrogen) atoms. The lowest BCUT2D eigenvalue weighted by atomic mass is 9.96. The zero-order chi connectivity index (χ0) is 20.2. The van der Waals surface area contributed by atoms with Crippen LogP contribution in [0.5, 0.6) is 0 Å². The highest BCUT2D eigenvalue weighted by molar-refractivity contribution is 6.15. The van der Waals surface area contributed by atoms with E-state index in [-0.39, 0.29) is 11.9 Å². The van der Waals surface area contributed by atoms with Gasteiger partial charge in [-0.1, -0.05) is 18.2 Å². The Balaban J connectivity index is 1.63. The Morgan fingerprint density at radius 1 is 1.10 bits per heavy atom. The van der Waals surface area contributed by atoms with Gasteiger partial charge in [0.1, 0.15) is 17.8 Å². The van der Waals surface area contributed by atoms with Gasteiger partial charge in [-0.15, -0.1) is 0 Å². The number of aliphatic imine (C=N–C) groups is 1. The van der Waals surface area contributed by atoms with E-state index in [9.17, 15) is 4.39 Å². The van der Waals surface area contributed by atoms with Crippen LogP contribution in [-0.2, 0) is 0 Å². The van der Waals surface area contributed by atoms with Crippen molar-refractivity contribution in [3.05, 3.63) is 89.6 Å². The summed E-state index contributed by atoms with van der Waals surface area (Å²) >= 11 is 0. The van der Waals surface area contributed by atoms with Crippen LogP contribution in [0.3, 0.4) is 0 Å². The van der Waals surface area contributed by atoms with Gasteiger partial charge in [0.05, 0.1) is 29.3 Å². The van der Waals surface area contributed by atoms with E-state index in [4.69, 9.17) is 9.41 Å². The number of imidazole rings is 1. The van der Waals surface area contributed by atoms with E-state index in [1.54, 1.807) is 24.7 Å². The van der Waals surface area contributed by atoms with Gasteiger partial charge in [0.15, 0.2) is 12.2 Å². The van der Waals surface area contributed by atoms with Crippen LogP contribution in [0.1, 0.15) is 54.1 Å². The lowest BCUT2D eigenvalue weighted by Crippen LogP contribution is -2.09. The molecule has 148 valence electrons. The molecule has 0 amide bonds. The van der Waals surface area contributed by atoms with Gasteiger partial charge >= 0.3 is 0 Å². The molecule has 0 unspecified atom stereocenters. The van der Waals surface area contributed by atoms with Gasteiger partial charge in [-0.25, -0.2) is 14.4 Å². The van der Waals surface area contributed by atoms with Crippen molar-refractivity contribution in [1.29, 1.82) is 0 Å². The summed E-state index contributed by atoms with van der Waals surface area (Å²) in [5.41, 5.74) is 5.94. The topological polar surface area (TPSA) is 56.2 Å². The SMILES string of the molecule is C[C@@H]1N=C(c2ccccc2F)c2cc(C3CC3)ccc2-n2cnc(-c3cnco3)c21. The zero-order valence-corrected chi connectivity index (χ0v) is 16.4. The Kier molecular flexibility index (Phi) is 3.75. The van der Waals surface area contributed by atoms with E-state index in [1.807, 2.05) is 17.6 Å². The predicted molar refractivity (Wildman–Crippen MR) is 111 cm³/mol. The molecular formula is C24H19FN4O. The third kappa shape index (κ3) is 2.64. The predicted octanol–water partition coefficient (Wildman–Crippen LogP) is 5.46. The summed E-state index contributed by atoms with van der Waals surface area (Å²) < 4.78 is 22.4. The summed E-state index contributed by atoms with van der Waals surface area (Å²) in [6, 6.07) is 13.0. The van der Waals surface area contributed by atoms with Crippen LogP contribution in [0, 0.1) is 5.82 Å².